The summed E-state index contributed by atoms with van der Waals surface area (Å²) in [6, 6.07) is 19.0. The first-order valence-electron chi connectivity index (χ1n) is 11.0. The van der Waals surface area contributed by atoms with Gasteiger partial charge in [0.2, 0.25) is 0 Å². The van der Waals surface area contributed by atoms with Crippen molar-refractivity contribution in [1.29, 1.82) is 0 Å². The number of rotatable bonds is 9. The van der Waals surface area contributed by atoms with Crippen LogP contribution in [0.25, 0.3) is 0 Å². The highest BCUT2D eigenvalue weighted by molar-refractivity contribution is 5.73. The molecular weight excluding hydrogens is 376 g/mol. The van der Waals surface area contributed by atoms with E-state index in [4.69, 9.17) is 9.47 Å². The van der Waals surface area contributed by atoms with Crippen molar-refractivity contribution in [3.63, 3.8) is 0 Å². The van der Waals surface area contributed by atoms with Crippen LogP contribution in [0, 0.1) is 11.3 Å². The lowest BCUT2D eigenvalue weighted by molar-refractivity contribution is -0.168. The van der Waals surface area contributed by atoms with Crippen molar-refractivity contribution in [2.24, 2.45) is 11.3 Å². The van der Waals surface area contributed by atoms with Gasteiger partial charge in [0.25, 0.3) is 6.47 Å². The van der Waals surface area contributed by atoms with Crippen molar-refractivity contribution in [2.45, 2.75) is 64.6 Å². The Morgan fingerprint density at radius 3 is 1.90 bits per heavy atom. The minimum atomic E-state index is -0.691. The van der Waals surface area contributed by atoms with Crippen LogP contribution in [0.15, 0.2) is 60.7 Å². The zero-order valence-electron chi connectivity index (χ0n) is 18.0. The molecule has 0 radical (unpaired) electrons. The van der Waals surface area contributed by atoms with Crippen molar-refractivity contribution in [3.05, 3.63) is 71.8 Å². The number of esters is 1. The minimum absolute atomic E-state index is 0.102. The van der Waals surface area contributed by atoms with E-state index in [1.54, 1.807) is 0 Å². The maximum atomic E-state index is 13.1. The second-order valence-corrected chi connectivity index (χ2v) is 8.31. The third-order valence-electron chi connectivity index (χ3n) is 6.86. The number of hydrogen-bond donors (Lipinski definition) is 0. The highest BCUT2D eigenvalue weighted by Gasteiger charge is 2.38. The van der Waals surface area contributed by atoms with E-state index >= 15 is 0 Å². The predicted molar refractivity (Wildman–Crippen MR) is 117 cm³/mol. The van der Waals surface area contributed by atoms with Gasteiger partial charge in [-0.3, -0.25) is 9.59 Å². The molecule has 30 heavy (non-hydrogen) atoms. The Balaban J connectivity index is 1.81. The van der Waals surface area contributed by atoms with Crippen molar-refractivity contribution < 1.29 is 19.1 Å². The molecular formula is C26H32O4. The van der Waals surface area contributed by atoms with Crippen LogP contribution < -0.4 is 0 Å². The van der Waals surface area contributed by atoms with Crippen LogP contribution in [0.3, 0.4) is 0 Å². The van der Waals surface area contributed by atoms with E-state index in [-0.39, 0.29) is 11.9 Å². The summed E-state index contributed by atoms with van der Waals surface area (Å²) in [6.07, 6.45) is 4.76. The molecule has 0 bridgehead atoms. The van der Waals surface area contributed by atoms with E-state index < -0.39 is 12.2 Å². The SMILES string of the molecule is CCC1(CC)CCC(C(=O)O[C@H](c2ccccc2)[C@H](OC=O)c2ccccc2)CC1. The normalized spacial score (nSPS) is 18.2. The first kappa shape index (κ1) is 22.1. The fourth-order valence-corrected chi connectivity index (χ4v) is 4.62. The number of ether oxygens (including phenoxy) is 2. The van der Waals surface area contributed by atoms with Crippen molar-refractivity contribution in [1.82, 2.24) is 0 Å². The molecule has 4 heteroatoms. The Morgan fingerprint density at radius 1 is 0.933 bits per heavy atom. The molecule has 0 amide bonds. The average molecular weight is 409 g/mol. The minimum Gasteiger partial charge on any atom is -0.455 e. The lowest BCUT2D eigenvalue weighted by atomic mass is 9.67. The number of carbonyl (C=O) groups excluding carboxylic acids is 2. The van der Waals surface area contributed by atoms with Gasteiger partial charge in [-0.2, -0.15) is 0 Å². The van der Waals surface area contributed by atoms with Crippen molar-refractivity contribution in [3.8, 4) is 0 Å². The van der Waals surface area contributed by atoms with Crippen LogP contribution in [0.2, 0.25) is 0 Å². The van der Waals surface area contributed by atoms with Crippen molar-refractivity contribution >= 4 is 12.4 Å². The first-order valence-corrected chi connectivity index (χ1v) is 11.0. The van der Waals surface area contributed by atoms with E-state index in [0.717, 1.165) is 49.7 Å². The van der Waals surface area contributed by atoms with E-state index in [2.05, 4.69) is 13.8 Å². The van der Waals surface area contributed by atoms with Gasteiger partial charge in [-0.15, -0.1) is 0 Å². The fourth-order valence-electron chi connectivity index (χ4n) is 4.62. The van der Waals surface area contributed by atoms with Crippen LogP contribution in [-0.4, -0.2) is 12.4 Å². The number of benzene rings is 2. The summed E-state index contributed by atoms with van der Waals surface area (Å²) in [4.78, 5) is 24.4. The van der Waals surface area contributed by atoms with Gasteiger partial charge in [0.05, 0.1) is 5.92 Å². The Hall–Kier alpha value is -2.62. The molecule has 1 aliphatic rings. The first-order chi connectivity index (χ1) is 14.6. The fraction of sp³-hybridized carbons (Fsp3) is 0.462. The lowest BCUT2D eigenvalue weighted by Crippen LogP contribution is -2.32. The summed E-state index contributed by atoms with van der Waals surface area (Å²) in [7, 11) is 0. The van der Waals surface area contributed by atoms with Crippen LogP contribution in [0.4, 0.5) is 0 Å². The lowest BCUT2D eigenvalue weighted by Gasteiger charge is -2.39. The summed E-state index contributed by atoms with van der Waals surface area (Å²) in [5.41, 5.74) is 1.97. The quantitative estimate of drug-likeness (QED) is 0.367. The van der Waals surface area contributed by atoms with Crippen LogP contribution in [0.5, 0.6) is 0 Å². The van der Waals surface area contributed by atoms with Gasteiger partial charge in [0, 0.05) is 0 Å². The largest absolute Gasteiger partial charge is 0.455 e. The van der Waals surface area contributed by atoms with Crippen molar-refractivity contribution in [2.75, 3.05) is 0 Å². The summed E-state index contributed by atoms with van der Waals surface area (Å²) in [6.45, 7) is 4.92. The molecule has 0 unspecified atom stereocenters. The molecule has 4 nitrogen and oxygen atoms in total. The molecule has 3 rings (SSSR count). The summed E-state index contributed by atoms with van der Waals surface area (Å²) in [5, 5.41) is 0. The second kappa shape index (κ2) is 10.4. The highest BCUT2D eigenvalue weighted by atomic mass is 16.6. The molecule has 0 aliphatic heterocycles. The summed E-state index contributed by atoms with van der Waals surface area (Å²) < 4.78 is 11.5. The summed E-state index contributed by atoms with van der Waals surface area (Å²) >= 11 is 0. The molecule has 1 aliphatic carbocycles. The van der Waals surface area contributed by atoms with Gasteiger partial charge in [0.1, 0.15) is 0 Å². The van der Waals surface area contributed by atoms with E-state index in [1.165, 1.54) is 0 Å². The number of hydrogen-bond acceptors (Lipinski definition) is 4. The molecule has 1 saturated carbocycles. The van der Waals surface area contributed by atoms with Gasteiger partial charge in [-0.1, -0.05) is 87.4 Å². The molecule has 1 fully saturated rings. The Morgan fingerprint density at radius 2 is 1.43 bits per heavy atom. The maximum absolute atomic E-state index is 13.1. The molecule has 2 atom stereocenters. The highest BCUT2D eigenvalue weighted by Crippen LogP contribution is 2.45. The van der Waals surface area contributed by atoms with Gasteiger partial charge in [-0.05, 0) is 42.2 Å². The zero-order valence-corrected chi connectivity index (χ0v) is 18.0. The van der Waals surface area contributed by atoms with Gasteiger partial charge >= 0.3 is 5.97 Å². The van der Waals surface area contributed by atoms with E-state index in [0.29, 0.717) is 11.9 Å². The molecule has 2 aromatic rings. The maximum Gasteiger partial charge on any atom is 0.309 e. The average Bonchev–Trinajstić information content (AvgIpc) is 2.82. The Bertz CT molecular complexity index is 788. The van der Waals surface area contributed by atoms with Gasteiger partial charge < -0.3 is 9.47 Å². The number of carbonyl (C=O) groups is 2. The third-order valence-corrected chi connectivity index (χ3v) is 6.86. The predicted octanol–water partition coefficient (Wildman–Crippen LogP) is 6.18. The van der Waals surface area contributed by atoms with Gasteiger partial charge in [0.15, 0.2) is 12.2 Å². The van der Waals surface area contributed by atoms with E-state index in [9.17, 15) is 9.59 Å². The molecule has 0 spiro atoms. The second-order valence-electron chi connectivity index (χ2n) is 8.31. The summed E-state index contributed by atoms with van der Waals surface area (Å²) in [5.74, 6) is -0.296. The topological polar surface area (TPSA) is 52.6 Å². The van der Waals surface area contributed by atoms with Crippen LogP contribution in [-0.2, 0) is 19.1 Å². The van der Waals surface area contributed by atoms with Crippen LogP contribution in [0.1, 0.15) is 75.7 Å². The van der Waals surface area contributed by atoms with E-state index in [1.807, 2.05) is 60.7 Å². The molecule has 0 saturated heterocycles. The standard InChI is InChI=1S/C26H32O4/c1-3-26(4-2)17-15-22(16-18-26)25(28)30-24(21-13-9-6-10-14-21)23(29-19-27)20-11-7-5-8-12-20/h5-14,19,22-24H,3-4,15-18H2,1-2H3/t23-,24-/m1/s1. The molecule has 0 heterocycles. The molecule has 160 valence electrons. The van der Waals surface area contributed by atoms with Gasteiger partial charge in [-0.25, -0.2) is 0 Å². The van der Waals surface area contributed by atoms with Crippen LogP contribution >= 0.6 is 0 Å². The zero-order chi connectivity index (χ0) is 21.4. The Labute approximate surface area is 179 Å². The molecule has 0 N–H and O–H groups in total. The monoisotopic (exact) mass is 408 g/mol. The smallest absolute Gasteiger partial charge is 0.309 e. The third kappa shape index (κ3) is 5.10. The Kier molecular flexibility index (Phi) is 7.67. The molecule has 2 aromatic carbocycles. The molecule has 0 aromatic heterocycles.